The lowest BCUT2D eigenvalue weighted by molar-refractivity contribution is 0.339. The lowest BCUT2D eigenvalue weighted by atomic mass is 9.78. The van der Waals surface area contributed by atoms with Crippen LogP contribution < -0.4 is 0 Å². The Bertz CT molecular complexity index is 1280. The highest BCUT2D eigenvalue weighted by atomic mass is 19.2. The zero-order valence-electron chi connectivity index (χ0n) is 18.3. The van der Waals surface area contributed by atoms with Gasteiger partial charge in [0.2, 0.25) is 0 Å². The summed E-state index contributed by atoms with van der Waals surface area (Å²) in [5.41, 5.74) is -0.592. The first-order valence-electron chi connectivity index (χ1n) is 11.2. The van der Waals surface area contributed by atoms with E-state index < -0.39 is 46.0 Å². The molecule has 33 heavy (non-hydrogen) atoms. The van der Waals surface area contributed by atoms with Gasteiger partial charge in [-0.25, -0.2) is 26.3 Å². The van der Waals surface area contributed by atoms with E-state index in [2.05, 4.69) is 6.92 Å². The van der Waals surface area contributed by atoms with E-state index in [1.165, 1.54) is 25.1 Å². The largest absolute Gasteiger partial charge is 0.203 e. The number of hydrogen-bond donors (Lipinski definition) is 0. The van der Waals surface area contributed by atoms with Gasteiger partial charge in [-0.05, 0) is 66.3 Å². The molecule has 3 aromatic carbocycles. The van der Waals surface area contributed by atoms with Crippen molar-refractivity contribution in [3.8, 4) is 22.3 Å². The van der Waals surface area contributed by atoms with E-state index in [0.29, 0.717) is 11.5 Å². The Morgan fingerprint density at radius 2 is 1.21 bits per heavy atom. The van der Waals surface area contributed by atoms with E-state index in [1.54, 1.807) is 6.07 Å². The van der Waals surface area contributed by atoms with Crippen LogP contribution in [0, 0.1) is 47.7 Å². The maximum Gasteiger partial charge on any atom is 0.167 e. The summed E-state index contributed by atoms with van der Waals surface area (Å²) in [6.07, 6.45) is 3.39. The predicted octanol–water partition coefficient (Wildman–Crippen LogP) is 8.36. The monoisotopic (exact) mass is 460 g/mol. The second-order valence-corrected chi connectivity index (χ2v) is 9.41. The molecule has 0 bridgehead atoms. The molecule has 0 atom stereocenters. The van der Waals surface area contributed by atoms with Crippen molar-refractivity contribution in [2.24, 2.45) is 5.92 Å². The lowest BCUT2D eigenvalue weighted by Crippen LogP contribution is -2.13. The van der Waals surface area contributed by atoms with Gasteiger partial charge < -0.3 is 0 Å². The van der Waals surface area contributed by atoms with Crippen LogP contribution in [0.4, 0.5) is 26.3 Å². The molecular formula is C27H22F6. The van der Waals surface area contributed by atoms with Crippen molar-refractivity contribution in [1.29, 1.82) is 0 Å². The summed E-state index contributed by atoms with van der Waals surface area (Å²) in [6, 6.07) is 5.24. The molecule has 0 amide bonds. The molecule has 0 heterocycles. The smallest absolute Gasteiger partial charge is 0.167 e. The molecule has 6 heteroatoms. The summed E-state index contributed by atoms with van der Waals surface area (Å²) >= 11 is 0. The van der Waals surface area contributed by atoms with Crippen LogP contribution in [0.15, 0.2) is 24.3 Å². The second-order valence-electron chi connectivity index (χ2n) is 9.41. The molecule has 172 valence electrons. The van der Waals surface area contributed by atoms with E-state index in [4.69, 9.17) is 0 Å². The minimum absolute atomic E-state index is 0.0351. The van der Waals surface area contributed by atoms with E-state index in [1.807, 2.05) is 0 Å². The maximum absolute atomic E-state index is 15.2. The molecule has 0 unspecified atom stereocenters. The molecule has 1 fully saturated rings. The van der Waals surface area contributed by atoms with Gasteiger partial charge >= 0.3 is 0 Å². The van der Waals surface area contributed by atoms with Crippen molar-refractivity contribution in [1.82, 2.24) is 0 Å². The minimum Gasteiger partial charge on any atom is -0.203 e. The van der Waals surface area contributed by atoms with Crippen molar-refractivity contribution in [3.63, 3.8) is 0 Å². The summed E-state index contributed by atoms with van der Waals surface area (Å²) in [5.74, 6) is -7.02. The predicted molar refractivity (Wildman–Crippen MR) is 115 cm³/mol. The van der Waals surface area contributed by atoms with Gasteiger partial charge in [0.25, 0.3) is 0 Å². The first-order valence-corrected chi connectivity index (χ1v) is 11.2. The van der Waals surface area contributed by atoms with Gasteiger partial charge in [-0.3, -0.25) is 0 Å². The highest BCUT2D eigenvalue weighted by molar-refractivity contribution is 5.82. The van der Waals surface area contributed by atoms with Gasteiger partial charge in [0.15, 0.2) is 34.9 Å². The number of benzene rings is 3. The topological polar surface area (TPSA) is 0 Å². The van der Waals surface area contributed by atoms with Gasteiger partial charge in [-0.1, -0.05) is 38.0 Å². The number of fused-ring (bicyclic) bond motifs is 3. The Hall–Kier alpha value is -2.76. The van der Waals surface area contributed by atoms with Crippen molar-refractivity contribution >= 4 is 0 Å². The summed E-state index contributed by atoms with van der Waals surface area (Å²) in [5, 5.41) is 0. The Labute approximate surface area is 188 Å². The van der Waals surface area contributed by atoms with E-state index in [9.17, 15) is 8.78 Å². The number of hydrogen-bond acceptors (Lipinski definition) is 0. The van der Waals surface area contributed by atoms with Crippen LogP contribution in [0.25, 0.3) is 22.3 Å². The molecule has 0 nitrogen and oxygen atoms in total. The SMILES string of the molecule is Cc1ccc(-c2cc3c(c(F)c2F)-c2c(cc(C4CCC(C)CC4)c(F)c2F)C3)c(F)c1F. The van der Waals surface area contributed by atoms with Crippen molar-refractivity contribution in [2.75, 3.05) is 0 Å². The molecule has 0 N–H and O–H groups in total. The fraction of sp³-hybridized carbons (Fsp3) is 0.333. The standard InChI is InChI=1S/C27H22F6/c1-12-3-6-14(7-4-12)18-10-15-9-16-11-19(17-8-5-13(2)22(28)23(17)29)25(31)27(33)21(16)20(15)26(32)24(18)30/h5,8,10-12,14H,3-4,6-7,9H2,1-2H3. The van der Waals surface area contributed by atoms with Crippen LogP contribution in [0.3, 0.4) is 0 Å². The average molecular weight is 460 g/mol. The van der Waals surface area contributed by atoms with Crippen LogP contribution in [0.5, 0.6) is 0 Å². The van der Waals surface area contributed by atoms with Crippen LogP contribution in [0.1, 0.15) is 60.8 Å². The lowest BCUT2D eigenvalue weighted by Gasteiger charge is -2.27. The number of halogens is 6. The number of rotatable bonds is 2. The van der Waals surface area contributed by atoms with Crippen LogP contribution in [-0.2, 0) is 6.42 Å². The van der Waals surface area contributed by atoms with Gasteiger partial charge in [0.1, 0.15) is 0 Å². The van der Waals surface area contributed by atoms with E-state index in [-0.39, 0.29) is 40.2 Å². The summed E-state index contributed by atoms with van der Waals surface area (Å²) < 4.78 is 89.0. The quantitative estimate of drug-likeness (QED) is 0.264. The minimum atomic E-state index is -1.42. The molecule has 1 saturated carbocycles. The first kappa shape index (κ1) is 22.1. The first-order chi connectivity index (χ1) is 15.7. The average Bonchev–Trinajstić information content (AvgIpc) is 3.17. The van der Waals surface area contributed by atoms with Crippen molar-refractivity contribution in [3.05, 3.63) is 81.4 Å². The molecule has 0 aliphatic heterocycles. The zero-order chi connectivity index (χ0) is 23.6. The Morgan fingerprint density at radius 3 is 1.88 bits per heavy atom. The summed E-state index contributed by atoms with van der Waals surface area (Å²) in [4.78, 5) is 0. The van der Waals surface area contributed by atoms with Gasteiger partial charge in [0, 0.05) is 22.3 Å². The molecule has 3 aromatic rings. The number of aryl methyl sites for hydroxylation is 1. The van der Waals surface area contributed by atoms with Gasteiger partial charge in [-0.15, -0.1) is 0 Å². The Balaban J connectivity index is 1.63. The highest BCUT2D eigenvalue weighted by Crippen LogP contribution is 2.47. The fourth-order valence-electron chi connectivity index (χ4n) is 5.32. The van der Waals surface area contributed by atoms with E-state index in [0.717, 1.165) is 25.7 Å². The third-order valence-corrected chi connectivity index (χ3v) is 7.26. The maximum atomic E-state index is 15.2. The van der Waals surface area contributed by atoms with Gasteiger partial charge in [-0.2, -0.15) is 0 Å². The van der Waals surface area contributed by atoms with E-state index >= 15 is 17.6 Å². The molecule has 0 aromatic heterocycles. The van der Waals surface area contributed by atoms with Crippen LogP contribution >= 0.6 is 0 Å². The second kappa shape index (κ2) is 7.93. The third-order valence-electron chi connectivity index (χ3n) is 7.26. The third kappa shape index (κ3) is 3.37. The molecule has 5 rings (SSSR count). The molecule has 0 spiro atoms. The molecule has 0 radical (unpaired) electrons. The fourth-order valence-corrected chi connectivity index (χ4v) is 5.32. The molecule has 2 aliphatic carbocycles. The Morgan fingerprint density at radius 1 is 0.636 bits per heavy atom. The van der Waals surface area contributed by atoms with Crippen molar-refractivity contribution < 1.29 is 26.3 Å². The molecule has 0 saturated heterocycles. The van der Waals surface area contributed by atoms with Gasteiger partial charge in [0.05, 0.1) is 0 Å². The van der Waals surface area contributed by atoms with Crippen LogP contribution in [0.2, 0.25) is 0 Å². The van der Waals surface area contributed by atoms with Crippen LogP contribution in [-0.4, -0.2) is 0 Å². The Kier molecular flexibility index (Phi) is 5.30. The normalized spacial score (nSPS) is 19.5. The molecular weight excluding hydrogens is 438 g/mol. The highest BCUT2D eigenvalue weighted by Gasteiger charge is 2.34. The molecule has 2 aliphatic rings. The summed E-state index contributed by atoms with van der Waals surface area (Å²) in [7, 11) is 0. The van der Waals surface area contributed by atoms with Crippen molar-refractivity contribution in [2.45, 2.75) is 51.9 Å². The zero-order valence-corrected chi connectivity index (χ0v) is 18.3. The summed E-state index contributed by atoms with van der Waals surface area (Å²) in [6.45, 7) is 3.49.